The number of aromatic nitrogens is 4. The third-order valence-corrected chi connectivity index (χ3v) is 7.69. The molecule has 2 saturated carbocycles. The van der Waals surface area contributed by atoms with Crippen molar-refractivity contribution < 1.29 is 14.6 Å². The van der Waals surface area contributed by atoms with Gasteiger partial charge in [0.15, 0.2) is 0 Å². The third kappa shape index (κ3) is 4.04. The van der Waals surface area contributed by atoms with Crippen molar-refractivity contribution in [3.63, 3.8) is 0 Å². The Morgan fingerprint density at radius 2 is 1.88 bits per heavy atom. The molecule has 3 aromatic rings. The highest BCUT2D eigenvalue weighted by Gasteiger charge is 2.45. The molecule has 6 rings (SSSR count). The Balaban J connectivity index is 1.08. The molecule has 0 radical (unpaired) electrons. The van der Waals surface area contributed by atoms with Gasteiger partial charge in [0.25, 0.3) is 0 Å². The molecule has 0 unspecified atom stereocenters. The Bertz CT molecular complexity index is 1220. The van der Waals surface area contributed by atoms with Crippen LogP contribution in [-0.4, -0.2) is 49.9 Å². The minimum absolute atomic E-state index is 0.164. The van der Waals surface area contributed by atoms with Gasteiger partial charge in [0.1, 0.15) is 0 Å². The average molecular weight is 500 g/mol. The van der Waals surface area contributed by atoms with E-state index in [2.05, 4.69) is 25.1 Å². The molecule has 0 amide bonds. The fourth-order valence-corrected chi connectivity index (χ4v) is 5.95. The number of aromatic carboxylic acids is 1. The Morgan fingerprint density at radius 3 is 2.50 bits per heavy atom. The number of piperidine rings is 1. The third-order valence-electron chi connectivity index (χ3n) is 7.09. The summed E-state index contributed by atoms with van der Waals surface area (Å²) < 4.78 is 6.25. The molecule has 176 valence electrons. The van der Waals surface area contributed by atoms with Gasteiger partial charge >= 0.3 is 5.97 Å². The number of rotatable bonds is 7. The number of carboxylic acid groups (broad SMARTS) is 1. The predicted octanol–water partition coefficient (Wildman–Crippen LogP) is 4.93. The zero-order valence-electron chi connectivity index (χ0n) is 18.2. The van der Waals surface area contributed by atoms with Crippen molar-refractivity contribution >= 4 is 34.9 Å². The largest absolute Gasteiger partial charge is 0.475 e. The minimum Gasteiger partial charge on any atom is -0.475 e. The number of hydrogen-bond acceptors (Lipinski definition) is 6. The highest BCUT2D eigenvalue weighted by atomic mass is 35.5. The van der Waals surface area contributed by atoms with Crippen LogP contribution < -0.4 is 4.90 Å². The molecule has 2 N–H and O–H groups in total. The van der Waals surface area contributed by atoms with Gasteiger partial charge in [0.2, 0.25) is 5.82 Å². The van der Waals surface area contributed by atoms with E-state index in [1.807, 2.05) is 18.2 Å². The van der Waals surface area contributed by atoms with E-state index >= 15 is 0 Å². The number of halogens is 2. The first kappa shape index (κ1) is 21.8. The number of H-pyrrole nitrogens is 1. The molecule has 3 aliphatic rings. The number of nitrogens with zero attached hydrogens (tertiary/aromatic N) is 4. The Hall–Kier alpha value is -2.68. The summed E-state index contributed by atoms with van der Waals surface area (Å²) in [5, 5.41) is 17.7. The Labute approximate surface area is 206 Å². The number of fused-ring (bicyclic) bond motifs is 2. The highest BCUT2D eigenvalue weighted by Crippen LogP contribution is 2.45. The first-order valence-corrected chi connectivity index (χ1v) is 12.2. The maximum Gasteiger partial charge on any atom is 0.373 e. The van der Waals surface area contributed by atoms with Crippen molar-refractivity contribution in [3.8, 4) is 11.3 Å². The van der Waals surface area contributed by atoms with Crippen LogP contribution in [0.1, 0.15) is 53.5 Å². The van der Waals surface area contributed by atoms with Crippen LogP contribution in [0.15, 0.2) is 30.6 Å². The number of hydrogen-bond donors (Lipinski definition) is 2. The van der Waals surface area contributed by atoms with E-state index in [4.69, 9.17) is 33.0 Å². The summed E-state index contributed by atoms with van der Waals surface area (Å²) in [5.74, 6) is -0.314. The van der Waals surface area contributed by atoms with Gasteiger partial charge in [-0.15, -0.1) is 0 Å². The molecule has 2 bridgehead atoms. The van der Waals surface area contributed by atoms with Crippen molar-refractivity contribution in [1.82, 2.24) is 20.2 Å². The Morgan fingerprint density at radius 1 is 1.15 bits per heavy atom. The second kappa shape index (κ2) is 8.52. The smallest absolute Gasteiger partial charge is 0.373 e. The summed E-state index contributed by atoms with van der Waals surface area (Å²) in [6.07, 6.45) is 7.68. The normalized spacial score (nSPS) is 23.6. The summed E-state index contributed by atoms with van der Waals surface area (Å²) in [6, 6.07) is 6.30. The van der Waals surface area contributed by atoms with E-state index in [0.29, 0.717) is 34.5 Å². The molecule has 3 heterocycles. The molecule has 3 atom stereocenters. The van der Waals surface area contributed by atoms with E-state index in [9.17, 15) is 4.79 Å². The Kier molecular flexibility index (Phi) is 5.47. The van der Waals surface area contributed by atoms with Crippen LogP contribution in [-0.2, 0) is 11.3 Å². The van der Waals surface area contributed by atoms with Crippen molar-refractivity contribution in [1.29, 1.82) is 0 Å². The van der Waals surface area contributed by atoms with Crippen LogP contribution in [0.5, 0.6) is 0 Å². The summed E-state index contributed by atoms with van der Waals surface area (Å²) in [7, 11) is 0. The highest BCUT2D eigenvalue weighted by molar-refractivity contribution is 6.39. The van der Waals surface area contributed by atoms with Gasteiger partial charge in [0, 0.05) is 24.1 Å². The van der Waals surface area contributed by atoms with Crippen molar-refractivity contribution in [2.75, 3.05) is 11.4 Å². The van der Waals surface area contributed by atoms with E-state index in [1.165, 1.54) is 18.4 Å². The molecule has 0 spiro atoms. The number of ether oxygens (including phenoxy) is 1. The second-order valence-corrected chi connectivity index (χ2v) is 10.2. The number of anilines is 1. The first-order valence-electron chi connectivity index (χ1n) is 11.4. The van der Waals surface area contributed by atoms with E-state index < -0.39 is 5.97 Å². The van der Waals surface area contributed by atoms with Crippen molar-refractivity contribution in [2.45, 2.75) is 50.4 Å². The molecule has 2 aromatic heterocycles. The van der Waals surface area contributed by atoms with Crippen LogP contribution in [0.25, 0.3) is 11.3 Å². The summed E-state index contributed by atoms with van der Waals surface area (Å²) >= 11 is 13.1. The predicted molar refractivity (Wildman–Crippen MR) is 127 cm³/mol. The quantitative estimate of drug-likeness (QED) is 0.474. The average Bonchev–Trinajstić information content (AvgIpc) is 3.25. The number of carboxylic acids is 1. The maximum absolute atomic E-state index is 11.0. The molecule has 1 aromatic carbocycles. The molecular formula is C24H23Cl2N5O3. The van der Waals surface area contributed by atoms with Crippen LogP contribution in [0.4, 0.5) is 5.69 Å². The van der Waals surface area contributed by atoms with Gasteiger partial charge in [-0.05, 0) is 55.4 Å². The lowest BCUT2D eigenvalue weighted by Gasteiger charge is -2.32. The lowest BCUT2D eigenvalue weighted by molar-refractivity contribution is 0.0111. The second-order valence-electron chi connectivity index (χ2n) is 9.37. The molecular weight excluding hydrogens is 477 g/mol. The zero-order chi connectivity index (χ0) is 23.4. The van der Waals surface area contributed by atoms with Crippen LogP contribution in [0.3, 0.4) is 0 Å². The molecule has 10 heteroatoms. The lowest BCUT2D eigenvalue weighted by Crippen LogP contribution is -2.38. The topological polar surface area (TPSA) is 104 Å². The molecule has 3 fully saturated rings. The number of carbonyl (C=O) groups is 1. The van der Waals surface area contributed by atoms with Gasteiger partial charge in [-0.25, -0.2) is 14.8 Å². The van der Waals surface area contributed by atoms with Crippen molar-refractivity contribution in [3.05, 3.63) is 57.7 Å². The van der Waals surface area contributed by atoms with E-state index in [0.717, 1.165) is 42.0 Å². The SMILES string of the molecule is O=C(O)c1ncc(N2C[C@@H]3C[C@H]2C[C@H]3OCc2cc(-c3c(Cl)cc(C4CC4)cc3Cl)n[nH]2)cn1. The molecule has 1 aliphatic heterocycles. The zero-order valence-corrected chi connectivity index (χ0v) is 19.8. The van der Waals surface area contributed by atoms with Gasteiger partial charge in [-0.1, -0.05) is 23.2 Å². The molecule has 8 nitrogen and oxygen atoms in total. The lowest BCUT2D eigenvalue weighted by atomic mass is 10.1. The van der Waals surface area contributed by atoms with Crippen molar-refractivity contribution in [2.24, 2.45) is 5.92 Å². The van der Waals surface area contributed by atoms with Crippen LogP contribution >= 0.6 is 23.2 Å². The monoisotopic (exact) mass is 499 g/mol. The molecule has 1 saturated heterocycles. The van der Waals surface area contributed by atoms with E-state index in [-0.39, 0.29) is 11.9 Å². The minimum atomic E-state index is -1.12. The maximum atomic E-state index is 11.0. The molecule has 34 heavy (non-hydrogen) atoms. The fourth-order valence-electron chi connectivity index (χ4n) is 5.26. The fraction of sp³-hybridized carbons (Fsp3) is 0.417. The molecule has 2 aliphatic carbocycles. The van der Waals surface area contributed by atoms with Gasteiger partial charge in [0.05, 0.1) is 52.2 Å². The summed E-state index contributed by atoms with van der Waals surface area (Å²) in [4.78, 5) is 21.1. The van der Waals surface area contributed by atoms with E-state index in [1.54, 1.807) is 12.4 Å². The standard InChI is InChI=1S/C24H23Cl2N5O3/c25-18-4-13(12-1-2-12)5-19(26)22(18)20-6-15(29-30-20)11-34-21-7-16-3-14(21)10-31(16)17-8-27-23(24(32)33)28-9-17/h4-6,8-9,12,14,16,21H,1-3,7,10-11H2,(H,29,30)(H,32,33)/t14-,16-,21+/m0/s1. The summed E-state index contributed by atoms with van der Waals surface area (Å²) in [5.41, 5.74) is 4.41. The number of nitrogens with one attached hydrogen (secondary N) is 1. The van der Waals surface area contributed by atoms with Crippen LogP contribution in [0, 0.1) is 5.92 Å². The van der Waals surface area contributed by atoms with Gasteiger partial charge < -0.3 is 14.7 Å². The van der Waals surface area contributed by atoms with Crippen LogP contribution in [0.2, 0.25) is 10.0 Å². The van der Waals surface area contributed by atoms with Gasteiger partial charge in [-0.3, -0.25) is 5.10 Å². The van der Waals surface area contributed by atoms with Gasteiger partial charge in [-0.2, -0.15) is 5.10 Å². The number of benzene rings is 1. The number of aromatic amines is 1. The first-order chi connectivity index (χ1) is 16.5. The summed E-state index contributed by atoms with van der Waals surface area (Å²) in [6.45, 7) is 1.28.